The first-order valence-electron chi connectivity index (χ1n) is 7.99. The molecule has 0 aliphatic heterocycles. The smallest absolute Gasteiger partial charge is 0.414 e. The number of carboxylic acid groups (broad SMARTS) is 2. The van der Waals surface area contributed by atoms with Gasteiger partial charge in [0.2, 0.25) is 0 Å². The molecule has 0 saturated carbocycles. The second kappa shape index (κ2) is 11.5. The van der Waals surface area contributed by atoms with Crippen LogP contribution in [0.4, 0.5) is 4.39 Å². The van der Waals surface area contributed by atoms with E-state index in [2.05, 4.69) is 5.32 Å². The number of ether oxygens (including phenoxy) is 2. The maximum Gasteiger partial charge on any atom is 0.414 e. The number of carbonyl (C=O) groups is 2. The zero-order valence-corrected chi connectivity index (χ0v) is 15.1. The summed E-state index contributed by atoms with van der Waals surface area (Å²) in [7, 11) is 3.25. The minimum absolute atomic E-state index is 0.197. The Morgan fingerprint density at radius 3 is 2.00 bits per heavy atom. The Bertz CT molecular complexity index is 736. The highest BCUT2D eigenvalue weighted by molar-refractivity contribution is 6.27. The van der Waals surface area contributed by atoms with Crippen molar-refractivity contribution in [3.8, 4) is 11.5 Å². The van der Waals surface area contributed by atoms with Crippen molar-refractivity contribution in [1.82, 2.24) is 5.32 Å². The molecule has 146 valence electrons. The van der Waals surface area contributed by atoms with Gasteiger partial charge in [-0.1, -0.05) is 18.2 Å². The number of carboxylic acids is 2. The molecule has 0 aliphatic rings. The standard InChI is InChI=1S/C17H20FNO2.C2H2O4/c1-20-16-8-5-14(11-17(16)21-2)12-19-10-9-13-3-6-15(18)7-4-13;3-1(4)2(5)6/h3-8,11,19H,9-10,12H2,1-2H3;(H,3,4)(H,5,6). The third-order valence-corrected chi connectivity index (χ3v) is 3.46. The third-order valence-electron chi connectivity index (χ3n) is 3.46. The van der Waals surface area contributed by atoms with Gasteiger partial charge in [0.1, 0.15) is 5.82 Å². The molecule has 2 aromatic rings. The van der Waals surface area contributed by atoms with E-state index in [0.29, 0.717) is 0 Å². The zero-order valence-electron chi connectivity index (χ0n) is 15.1. The molecule has 0 spiro atoms. The summed E-state index contributed by atoms with van der Waals surface area (Å²) in [5.41, 5.74) is 2.25. The van der Waals surface area contributed by atoms with Gasteiger partial charge in [0.05, 0.1) is 14.2 Å². The lowest BCUT2D eigenvalue weighted by Gasteiger charge is -2.10. The Morgan fingerprint density at radius 1 is 0.926 bits per heavy atom. The van der Waals surface area contributed by atoms with Gasteiger partial charge in [0, 0.05) is 6.54 Å². The molecule has 2 aromatic carbocycles. The van der Waals surface area contributed by atoms with E-state index in [1.165, 1.54) is 12.1 Å². The van der Waals surface area contributed by atoms with E-state index in [4.69, 9.17) is 29.3 Å². The average molecular weight is 379 g/mol. The first-order chi connectivity index (χ1) is 12.9. The van der Waals surface area contributed by atoms with E-state index >= 15 is 0 Å². The van der Waals surface area contributed by atoms with Gasteiger partial charge < -0.3 is 25.0 Å². The monoisotopic (exact) mass is 379 g/mol. The summed E-state index contributed by atoms with van der Waals surface area (Å²) >= 11 is 0. The number of halogens is 1. The van der Waals surface area contributed by atoms with E-state index in [1.807, 2.05) is 30.3 Å². The first-order valence-corrected chi connectivity index (χ1v) is 7.99. The number of hydrogen-bond acceptors (Lipinski definition) is 5. The molecule has 0 amide bonds. The molecule has 0 fully saturated rings. The number of rotatable bonds is 7. The fourth-order valence-electron chi connectivity index (χ4n) is 2.11. The topological polar surface area (TPSA) is 105 Å². The van der Waals surface area contributed by atoms with Crippen LogP contribution in [0.5, 0.6) is 11.5 Å². The number of benzene rings is 2. The van der Waals surface area contributed by atoms with Gasteiger partial charge in [0.25, 0.3) is 0 Å². The molecule has 0 atom stereocenters. The van der Waals surface area contributed by atoms with E-state index in [-0.39, 0.29) is 5.82 Å². The molecule has 0 aromatic heterocycles. The van der Waals surface area contributed by atoms with Crippen molar-refractivity contribution in [1.29, 1.82) is 0 Å². The second-order valence-electron chi connectivity index (χ2n) is 5.35. The normalized spacial score (nSPS) is 9.74. The van der Waals surface area contributed by atoms with Gasteiger partial charge in [-0.2, -0.15) is 0 Å². The predicted octanol–water partition coefficient (Wildman–Crippen LogP) is 2.33. The average Bonchev–Trinajstić information content (AvgIpc) is 2.66. The van der Waals surface area contributed by atoms with Crippen molar-refractivity contribution in [2.45, 2.75) is 13.0 Å². The summed E-state index contributed by atoms with van der Waals surface area (Å²) in [4.78, 5) is 18.2. The van der Waals surface area contributed by atoms with Gasteiger partial charge in [0.15, 0.2) is 11.5 Å². The van der Waals surface area contributed by atoms with Crippen LogP contribution in [0, 0.1) is 5.82 Å². The molecule has 0 aliphatic carbocycles. The molecule has 0 radical (unpaired) electrons. The van der Waals surface area contributed by atoms with Crippen LogP contribution in [-0.4, -0.2) is 42.9 Å². The van der Waals surface area contributed by atoms with Crippen molar-refractivity contribution >= 4 is 11.9 Å². The van der Waals surface area contributed by atoms with Crippen LogP contribution in [0.2, 0.25) is 0 Å². The zero-order chi connectivity index (χ0) is 20.2. The maximum absolute atomic E-state index is 12.8. The molecule has 0 heterocycles. The van der Waals surface area contributed by atoms with E-state index in [1.54, 1.807) is 14.2 Å². The SMILES string of the molecule is COc1ccc(CNCCc2ccc(F)cc2)cc1OC.O=C(O)C(=O)O. The number of hydrogen-bond donors (Lipinski definition) is 3. The molecule has 0 saturated heterocycles. The van der Waals surface area contributed by atoms with E-state index < -0.39 is 11.9 Å². The largest absolute Gasteiger partial charge is 0.493 e. The fraction of sp³-hybridized carbons (Fsp3) is 0.263. The van der Waals surface area contributed by atoms with Crippen molar-refractivity contribution in [3.05, 3.63) is 59.4 Å². The lowest BCUT2D eigenvalue weighted by molar-refractivity contribution is -0.159. The first kappa shape index (κ1) is 21.9. The van der Waals surface area contributed by atoms with Crippen molar-refractivity contribution < 1.29 is 33.7 Å². The Kier molecular flexibility index (Phi) is 9.32. The predicted molar refractivity (Wildman–Crippen MR) is 96.6 cm³/mol. The van der Waals surface area contributed by atoms with Gasteiger partial charge in [-0.15, -0.1) is 0 Å². The molecule has 27 heavy (non-hydrogen) atoms. The molecular weight excluding hydrogens is 357 g/mol. The van der Waals surface area contributed by atoms with Crippen LogP contribution >= 0.6 is 0 Å². The quantitative estimate of drug-likeness (QED) is 0.501. The molecule has 0 bridgehead atoms. The Labute approximate surface area is 156 Å². The van der Waals surface area contributed by atoms with E-state index in [9.17, 15) is 4.39 Å². The van der Waals surface area contributed by atoms with Crippen molar-refractivity contribution in [3.63, 3.8) is 0 Å². The van der Waals surface area contributed by atoms with Crippen LogP contribution in [0.3, 0.4) is 0 Å². The molecule has 3 N–H and O–H groups in total. The molecular formula is C19H22FNO6. The fourth-order valence-corrected chi connectivity index (χ4v) is 2.11. The summed E-state index contributed by atoms with van der Waals surface area (Å²) in [5, 5.41) is 18.1. The number of nitrogens with one attached hydrogen (secondary N) is 1. The van der Waals surface area contributed by atoms with Gasteiger partial charge in [-0.25, -0.2) is 14.0 Å². The highest BCUT2D eigenvalue weighted by Gasteiger charge is 2.04. The molecule has 2 rings (SSSR count). The Morgan fingerprint density at radius 2 is 1.48 bits per heavy atom. The van der Waals surface area contributed by atoms with Gasteiger partial charge in [-0.3, -0.25) is 0 Å². The van der Waals surface area contributed by atoms with Crippen LogP contribution in [-0.2, 0) is 22.6 Å². The van der Waals surface area contributed by atoms with Crippen molar-refractivity contribution in [2.75, 3.05) is 20.8 Å². The molecule has 0 unspecified atom stereocenters. The van der Waals surface area contributed by atoms with Gasteiger partial charge >= 0.3 is 11.9 Å². The molecule has 8 heteroatoms. The summed E-state index contributed by atoms with van der Waals surface area (Å²) in [6, 6.07) is 12.5. The minimum Gasteiger partial charge on any atom is -0.493 e. The lowest BCUT2D eigenvalue weighted by atomic mass is 10.1. The van der Waals surface area contributed by atoms with Crippen molar-refractivity contribution in [2.24, 2.45) is 0 Å². The summed E-state index contributed by atoms with van der Waals surface area (Å²) < 4.78 is 23.3. The summed E-state index contributed by atoms with van der Waals surface area (Å²) in [5.74, 6) is -2.38. The lowest BCUT2D eigenvalue weighted by Crippen LogP contribution is -2.16. The third kappa shape index (κ3) is 8.19. The Balaban J connectivity index is 0.000000527. The highest BCUT2D eigenvalue weighted by atomic mass is 19.1. The van der Waals surface area contributed by atoms with Crippen LogP contribution in [0.1, 0.15) is 11.1 Å². The molecule has 7 nitrogen and oxygen atoms in total. The maximum atomic E-state index is 12.8. The van der Waals surface area contributed by atoms with Crippen LogP contribution in [0.25, 0.3) is 0 Å². The minimum atomic E-state index is -1.82. The number of aliphatic carboxylic acids is 2. The Hall–Kier alpha value is -3.13. The number of methoxy groups -OCH3 is 2. The second-order valence-corrected chi connectivity index (χ2v) is 5.35. The van der Waals surface area contributed by atoms with Gasteiger partial charge in [-0.05, 0) is 48.4 Å². The highest BCUT2D eigenvalue weighted by Crippen LogP contribution is 2.27. The van der Waals surface area contributed by atoms with E-state index in [0.717, 1.165) is 42.1 Å². The van der Waals surface area contributed by atoms with Crippen LogP contribution in [0.15, 0.2) is 42.5 Å². The van der Waals surface area contributed by atoms with Crippen LogP contribution < -0.4 is 14.8 Å². The summed E-state index contributed by atoms with van der Waals surface area (Å²) in [6.07, 6.45) is 0.869. The summed E-state index contributed by atoms with van der Waals surface area (Å²) in [6.45, 7) is 1.58.